The van der Waals surface area contributed by atoms with Gasteiger partial charge in [-0.25, -0.2) is 0 Å². The van der Waals surface area contributed by atoms with E-state index in [1.165, 1.54) is 0 Å². The zero-order valence-corrected chi connectivity index (χ0v) is 12.6. The first kappa shape index (κ1) is 15.0. The first-order chi connectivity index (χ1) is 9.54. The van der Waals surface area contributed by atoms with E-state index in [2.05, 4.69) is 24.3 Å². The minimum Gasteiger partial charge on any atom is -0.393 e. The maximum Gasteiger partial charge on any atom is 0.254 e. The van der Waals surface area contributed by atoms with Gasteiger partial charge in [-0.15, -0.1) is 0 Å². The van der Waals surface area contributed by atoms with Gasteiger partial charge in [0.2, 0.25) is 0 Å². The van der Waals surface area contributed by atoms with E-state index in [0.717, 1.165) is 18.5 Å². The SMILES string of the molecule is CCC(O)CCNC(=O)c1cnn(C(C)C)c1C1CC1. The highest BCUT2D eigenvalue weighted by Crippen LogP contribution is 2.42. The van der Waals surface area contributed by atoms with Crippen LogP contribution >= 0.6 is 0 Å². The van der Waals surface area contributed by atoms with Gasteiger partial charge >= 0.3 is 0 Å². The van der Waals surface area contributed by atoms with Crippen LogP contribution in [0.5, 0.6) is 0 Å². The molecule has 1 aliphatic rings. The maximum atomic E-state index is 12.3. The second-order valence-corrected chi connectivity index (χ2v) is 5.86. The van der Waals surface area contributed by atoms with E-state index in [1.54, 1.807) is 6.20 Å². The van der Waals surface area contributed by atoms with E-state index in [4.69, 9.17) is 0 Å². The molecule has 2 N–H and O–H groups in total. The summed E-state index contributed by atoms with van der Waals surface area (Å²) in [7, 11) is 0. The Labute approximate surface area is 120 Å². The average molecular weight is 279 g/mol. The van der Waals surface area contributed by atoms with E-state index >= 15 is 0 Å². The number of aliphatic hydroxyl groups excluding tert-OH is 1. The summed E-state index contributed by atoms with van der Waals surface area (Å²) in [6.07, 6.45) is 4.95. The topological polar surface area (TPSA) is 67.2 Å². The minimum atomic E-state index is -0.336. The van der Waals surface area contributed by atoms with E-state index in [0.29, 0.717) is 30.9 Å². The Morgan fingerprint density at radius 1 is 1.55 bits per heavy atom. The lowest BCUT2D eigenvalue weighted by molar-refractivity contribution is 0.0940. The predicted molar refractivity (Wildman–Crippen MR) is 77.8 cm³/mol. The molecule has 1 atom stereocenters. The monoisotopic (exact) mass is 279 g/mol. The van der Waals surface area contributed by atoms with Crippen LogP contribution in [0, 0.1) is 0 Å². The third-order valence-electron chi connectivity index (χ3n) is 3.77. The van der Waals surface area contributed by atoms with Gasteiger partial charge < -0.3 is 10.4 Å². The molecular formula is C15H25N3O2. The lowest BCUT2D eigenvalue weighted by Crippen LogP contribution is -2.27. The van der Waals surface area contributed by atoms with E-state index < -0.39 is 0 Å². The van der Waals surface area contributed by atoms with Crippen LogP contribution in [0.4, 0.5) is 0 Å². The van der Waals surface area contributed by atoms with Crippen LogP contribution in [0.3, 0.4) is 0 Å². The number of rotatable bonds is 7. The van der Waals surface area contributed by atoms with Crippen LogP contribution in [0.15, 0.2) is 6.20 Å². The van der Waals surface area contributed by atoms with Gasteiger partial charge in [-0.05, 0) is 39.5 Å². The van der Waals surface area contributed by atoms with Crippen molar-refractivity contribution in [2.24, 2.45) is 0 Å². The number of hydrogen-bond donors (Lipinski definition) is 2. The molecule has 0 spiro atoms. The quantitative estimate of drug-likeness (QED) is 0.804. The zero-order chi connectivity index (χ0) is 14.7. The predicted octanol–water partition coefficient (Wildman–Crippen LogP) is 2.23. The molecule has 5 nitrogen and oxygen atoms in total. The second-order valence-electron chi connectivity index (χ2n) is 5.86. The Kier molecular flexibility index (Phi) is 4.81. The molecule has 1 aliphatic carbocycles. The summed E-state index contributed by atoms with van der Waals surface area (Å²) in [4.78, 5) is 12.3. The standard InChI is InChI=1S/C15H25N3O2/c1-4-12(19)7-8-16-15(20)13-9-17-18(10(2)3)14(13)11-5-6-11/h9-12,19H,4-8H2,1-3H3,(H,16,20). The fourth-order valence-electron chi connectivity index (χ4n) is 2.37. The number of aromatic nitrogens is 2. The van der Waals surface area contributed by atoms with Crippen molar-refractivity contribution in [3.05, 3.63) is 17.5 Å². The highest BCUT2D eigenvalue weighted by molar-refractivity contribution is 5.95. The summed E-state index contributed by atoms with van der Waals surface area (Å²) in [6, 6.07) is 0.272. The Morgan fingerprint density at radius 3 is 2.80 bits per heavy atom. The van der Waals surface area contributed by atoms with Crippen LogP contribution in [-0.4, -0.2) is 33.4 Å². The molecule has 1 aromatic heterocycles. The summed E-state index contributed by atoms with van der Waals surface area (Å²) in [6.45, 7) is 6.60. The molecule has 1 saturated carbocycles. The van der Waals surface area contributed by atoms with Gasteiger partial charge in [0.25, 0.3) is 5.91 Å². The first-order valence-electron chi connectivity index (χ1n) is 7.58. The van der Waals surface area contributed by atoms with Crippen molar-refractivity contribution in [3.8, 4) is 0 Å². The van der Waals surface area contributed by atoms with E-state index in [-0.39, 0.29) is 18.1 Å². The minimum absolute atomic E-state index is 0.0675. The first-order valence-corrected chi connectivity index (χ1v) is 7.58. The molecule has 20 heavy (non-hydrogen) atoms. The molecule has 1 amide bonds. The second kappa shape index (κ2) is 6.39. The molecule has 1 heterocycles. The lowest BCUT2D eigenvalue weighted by Gasteiger charge is -2.12. The van der Waals surface area contributed by atoms with Crippen molar-refractivity contribution < 1.29 is 9.90 Å². The normalized spacial score (nSPS) is 16.4. The van der Waals surface area contributed by atoms with Crippen molar-refractivity contribution in [1.29, 1.82) is 0 Å². The van der Waals surface area contributed by atoms with Crippen LogP contribution < -0.4 is 5.32 Å². The number of amides is 1. The van der Waals surface area contributed by atoms with Gasteiger partial charge in [0, 0.05) is 18.5 Å². The molecular weight excluding hydrogens is 254 g/mol. The van der Waals surface area contributed by atoms with Crippen LogP contribution in [-0.2, 0) is 0 Å². The van der Waals surface area contributed by atoms with Crippen molar-refractivity contribution in [2.45, 2.75) is 64.5 Å². The Morgan fingerprint density at radius 2 is 2.25 bits per heavy atom. The molecule has 2 rings (SSSR count). The fraction of sp³-hybridized carbons (Fsp3) is 0.733. The summed E-state index contributed by atoms with van der Waals surface area (Å²) >= 11 is 0. The molecule has 0 saturated heterocycles. The van der Waals surface area contributed by atoms with Crippen LogP contribution in [0.2, 0.25) is 0 Å². The summed E-state index contributed by atoms with van der Waals surface area (Å²) in [5.41, 5.74) is 1.78. The number of nitrogens with zero attached hydrogens (tertiary/aromatic N) is 2. The third kappa shape index (κ3) is 3.39. The van der Waals surface area contributed by atoms with Gasteiger partial charge in [0.15, 0.2) is 0 Å². The highest BCUT2D eigenvalue weighted by atomic mass is 16.3. The smallest absolute Gasteiger partial charge is 0.254 e. The molecule has 0 bridgehead atoms. The highest BCUT2D eigenvalue weighted by Gasteiger charge is 2.32. The number of carbonyl (C=O) groups excluding carboxylic acids is 1. The summed E-state index contributed by atoms with van der Waals surface area (Å²) in [5, 5.41) is 16.8. The third-order valence-corrected chi connectivity index (χ3v) is 3.77. The molecule has 0 radical (unpaired) electrons. The molecule has 1 unspecified atom stereocenters. The van der Waals surface area contributed by atoms with E-state index in [1.807, 2.05) is 11.6 Å². The maximum absolute atomic E-state index is 12.3. The lowest BCUT2D eigenvalue weighted by atomic mass is 10.1. The largest absolute Gasteiger partial charge is 0.393 e. The van der Waals surface area contributed by atoms with Crippen molar-refractivity contribution in [1.82, 2.24) is 15.1 Å². The summed E-state index contributed by atoms with van der Waals surface area (Å²) in [5.74, 6) is 0.420. The number of aliphatic hydroxyl groups is 1. The Bertz CT molecular complexity index is 464. The van der Waals surface area contributed by atoms with Crippen LogP contribution in [0.25, 0.3) is 0 Å². The molecule has 1 fully saturated rings. The van der Waals surface area contributed by atoms with Gasteiger partial charge in [-0.1, -0.05) is 6.92 Å². The van der Waals surface area contributed by atoms with Crippen LogP contribution in [0.1, 0.15) is 74.5 Å². The number of carbonyl (C=O) groups is 1. The number of hydrogen-bond acceptors (Lipinski definition) is 3. The van der Waals surface area contributed by atoms with Gasteiger partial charge in [-0.2, -0.15) is 5.10 Å². The molecule has 112 valence electrons. The van der Waals surface area contributed by atoms with Gasteiger partial charge in [0.05, 0.1) is 23.6 Å². The average Bonchev–Trinajstić information content (AvgIpc) is 3.16. The number of nitrogens with one attached hydrogen (secondary N) is 1. The molecule has 5 heteroatoms. The molecule has 1 aromatic rings. The van der Waals surface area contributed by atoms with Gasteiger partial charge in [0.1, 0.15) is 0 Å². The molecule has 0 aliphatic heterocycles. The fourth-order valence-corrected chi connectivity index (χ4v) is 2.37. The Balaban J connectivity index is 2.02. The van der Waals surface area contributed by atoms with Crippen molar-refractivity contribution >= 4 is 5.91 Å². The summed E-state index contributed by atoms with van der Waals surface area (Å²) < 4.78 is 1.97. The van der Waals surface area contributed by atoms with Crippen molar-refractivity contribution in [3.63, 3.8) is 0 Å². The van der Waals surface area contributed by atoms with E-state index in [9.17, 15) is 9.90 Å². The zero-order valence-electron chi connectivity index (χ0n) is 12.6. The Hall–Kier alpha value is -1.36. The van der Waals surface area contributed by atoms with Gasteiger partial charge in [-0.3, -0.25) is 9.48 Å². The molecule has 0 aromatic carbocycles. The van der Waals surface area contributed by atoms with Crippen molar-refractivity contribution in [2.75, 3.05) is 6.54 Å².